The summed E-state index contributed by atoms with van der Waals surface area (Å²) in [5.74, 6) is -0.286. The van der Waals surface area contributed by atoms with Gasteiger partial charge in [0.15, 0.2) is 5.96 Å². The number of nitrogens with one attached hydrogen (secondary N) is 2. The molecule has 0 aromatic heterocycles. The zero-order valence-corrected chi connectivity index (χ0v) is 10.1. The number of hydrogen-bond acceptors (Lipinski definition) is 3. The van der Waals surface area contributed by atoms with E-state index >= 15 is 0 Å². The molecule has 0 rings (SSSR count). The van der Waals surface area contributed by atoms with Crippen molar-refractivity contribution in [1.29, 1.82) is 5.41 Å². The van der Waals surface area contributed by atoms with Gasteiger partial charge >= 0.3 is 0 Å². The van der Waals surface area contributed by atoms with E-state index in [1.54, 1.807) is 7.05 Å². The second-order valence-corrected chi connectivity index (χ2v) is 3.57. The molecule has 1 atom stereocenters. The van der Waals surface area contributed by atoms with E-state index in [0.717, 1.165) is 6.16 Å². The van der Waals surface area contributed by atoms with Crippen molar-refractivity contribution in [2.24, 2.45) is 5.73 Å². The Morgan fingerprint density at radius 1 is 1.60 bits per heavy atom. The van der Waals surface area contributed by atoms with Crippen LogP contribution in [0.4, 0.5) is 0 Å². The average Bonchev–Trinajstić information content (AvgIpc) is 2.17. The van der Waals surface area contributed by atoms with Crippen LogP contribution in [-0.2, 0) is 9.53 Å². The van der Waals surface area contributed by atoms with E-state index in [-0.39, 0.29) is 18.4 Å². The molecule has 0 saturated heterocycles. The van der Waals surface area contributed by atoms with Crippen LogP contribution in [0.2, 0.25) is 0 Å². The SMILES string of the molecule is CN(CC(=O)NCCOCCP)C(=N)N. The first-order chi connectivity index (χ1) is 7.07. The number of guanidine groups is 1. The van der Waals surface area contributed by atoms with E-state index in [4.69, 9.17) is 15.9 Å². The third-order valence-corrected chi connectivity index (χ3v) is 1.86. The molecule has 0 aliphatic heterocycles. The Balaban J connectivity index is 3.45. The van der Waals surface area contributed by atoms with Crippen molar-refractivity contribution in [1.82, 2.24) is 10.2 Å². The number of nitrogens with two attached hydrogens (primary N) is 1. The van der Waals surface area contributed by atoms with Crippen molar-refractivity contribution in [2.45, 2.75) is 0 Å². The third-order valence-electron chi connectivity index (χ3n) is 1.62. The van der Waals surface area contributed by atoms with Gasteiger partial charge in [0.1, 0.15) is 0 Å². The second-order valence-electron chi connectivity index (χ2n) is 2.99. The Morgan fingerprint density at radius 3 is 2.80 bits per heavy atom. The van der Waals surface area contributed by atoms with E-state index in [0.29, 0.717) is 19.8 Å². The van der Waals surface area contributed by atoms with Crippen LogP contribution in [0.3, 0.4) is 0 Å². The zero-order chi connectivity index (χ0) is 11.7. The fourth-order valence-electron chi connectivity index (χ4n) is 0.804. The van der Waals surface area contributed by atoms with Crippen LogP contribution in [0.5, 0.6) is 0 Å². The number of carbonyl (C=O) groups is 1. The molecule has 0 aliphatic carbocycles. The maximum atomic E-state index is 11.2. The van der Waals surface area contributed by atoms with Crippen molar-refractivity contribution in [3.8, 4) is 0 Å². The highest BCUT2D eigenvalue weighted by Gasteiger charge is 2.05. The molecule has 1 amide bonds. The summed E-state index contributed by atoms with van der Waals surface area (Å²) in [5, 5.41) is 9.72. The summed E-state index contributed by atoms with van der Waals surface area (Å²) in [6.45, 7) is 1.76. The van der Waals surface area contributed by atoms with Crippen LogP contribution in [-0.4, -0.2) is 56.3 Å². The van der Waals surface area contributed by atoms with E-state index in [1.807, 2.05) is 0 Å². The lowest BCUT2D eigenvalue weighted by atomic mass is 10.5. The molecule has 0 fully saturated rings. The standard InChI is InChI=1S/C8H19N4O2P/c1-12(8(9)10)6-7(13)11-2-3-14-4-5-15/h2-6,15H2,1H3,(H3,9,10)(H,11,13). The van der Waals surface area contributed by atoms with Gasteiger partial charge in [-0.25, -0.2) is 0 Å². The average molecular weight is 234 g/mol. The van der Waals surface area contributed by atoms with Gasteiger partial charge in [0.25, 0.3) is 0 Å². The van der Waals surface area contributed by atoms with Crippen LogP contribution < -0.4 is 11.1 Å². The fourth-order valence-corrected chi connectivity index (χ4v) is 0.971. The molecule has 0 aliphatic rings. The maximum Gasteiger partial charge on any atom is 0.239 e. The van der Waals surface area contributed by atoms with Crippen molar-refractivity contribution in [3.63, 3.8) is 0 Å². The summed E-state index contributed by atoms with van der Waals surface area (Å²) in [5.41, 5.74) is 5.18. The Hall–Kier alpha value is -0.870. The van der Waals surface area contributed by atoms with Crippen molar-refractivity contribution in [3.05, 3.63) is 0 Å². The molecule has 0 bridgehead atoms. The fraction of sp³-hybridized carbons (Fsp3) is 0.750. The van der Waals surface area contributed by atoms with Crippen LogP contribution >= 0.6 is 9.24 Å². The molecule has 0 heterocycles. The number of likely N-dealkylation sites (N-methyl/N-ethyl adjacent to an activating group) is 1. The third kappa shape index (κ3) is 8.15. The lowest BCUT2D eigenvalue weighted by Gasteiger charge is -2.15. The Labute approximate surface area is 92.2 Å². The van der Waals surface area contributed by atoms with Crippen LogP contribution in [0.25, 0.3) is 0 Å². The maximum absolute atomic E-state index is 11.2. The van der Waals surface area contributed by atoms with Crippen molar-refractivity contribution >= 4 is 21.1 Å². The molecule has 1 unspecified atom stereocenters. The van der Waals surface area contributed by atoms with Crippen molar-refractivity contribution < 1.29 is 9.53 Å². The van der Waals surface area contributed by atoms with Gasteiger partial charge in [0, 0.05) is 13.6 Å². The normalized spacial score (nSPS) is 9.73. The number of rotatable bonds is 7. The molecular weight excluding hydrogens is 215 g/mol. The number of nitrogens with zero attached hydrogens (tertiary/aromatic N) is 1. The van der Waals surface area contributed by atoms with Gasteiger partial charge in [0.2, 0.25) is 5.91 Å². The van der Waals surface area contributed by atoms with Gasteiger partial charge in [-0.15, -0.1) is 9.24 Å². The minimum absolute atomic E-state index is 0.0962. The monoisotopic (exact) mass is 234 g/mol. The van der Waals surface area contributed by atoms with E-state index < -0.39 is 0 Å². The summed E-state index contributed by atoms with van der Waals surface area (Å²) in [6, 6.07) is 0. The topological polar surface area (TPSA) is 91.4 Å². The predicted octanol–water partition coefficient (Wildman–Crippen LogP) is -1.18. The minimum atomic E-state index is -0.165. The van der Waals surface area contributed by atoms with Gasteiger partial charge in [-0.3, -0.25) is 10.2 Å². The van der Waals surface area contributed by atoms with E-state index in [1.165, 1.54) is 4.90 Å². The predicted molar refractivity (Wildman–Crippen MR) is 62.9 cm³/mol. The first-order valence-electron chi connectivity index (χ1n) is 4.67. The van der Waals surface area contributed by atoms with Gasteiger partial charge in [-0.05, 0) is 6.16 Å². The molecule has 88 valence electrons. The number of amides is 1. The molecule has 15 heavy (non-hydrogen) atoms. The zero-order valence-electron chi connectivity index (χ0n) is 8.95. The van der Waals surface area contributed by atoms with Gasteiger partial charge < -0.3 is 20.7 Å². The van der Waals surface area contributed by atoms with Crippen LogP contribution in [0, 0.1) is 5.41 Å². The Bertz CT molecular complexity index is 213. The molecule has 0 spiro atoms. The van der Waals surface area contributed by atoms with Crippen molar-refractivity contribution in [2.75, 3.05) is 39.5 Å². The molecule has 7 heteroatoms. The van der Waals surface area contributed by atoms with Crippen LogP contribution in [0.15, 0.2) is 0 Å². The molecule has 0 aromatic carbocycles. The van der Waals surface area contributed by atoms with Gasteiger partial charge in [-0.1, -0.05) is 0 Å². The highest BCUT2D eigenvalue weighted by Crippen LogP contribution is 1.82. The smallest absolute Gasteiger partial charge is 0.239 e. The Morgan fingerprint density at radius 2 is 2.27 bits per heavy atom. The lowest BCUT2D eigenvalue weighted by molar-refractivity contribution is -0.121. The Kier molecular flexibility index (Phi) is 7.95. The molecule has 0 saturated carbocycles. The largest absolute Gasteiger partial charge is 0.379 e. The number of ether oxygens (including phenoxy) is 1. The van der Waals surface area contributed by atoms with Crippen LogP contribution in [0.1, 0.15) is 0 Å². The molecular formula is C8H19N4O2P. The summed E-state index contributed by atoms with van der Waals surface area (Å²) in [4.78, 5) is 12.6. The second kappa shape index (κ2) is 8.44. The van der Waals surface area contributed by atoms with Gasteiger partial charge in [0.05, 0.1) is 19.8 Å². The summed E-state index contributed by atoms with van der Waals surface area (Å²) in [7, 11) is 4.15. The molecule has 0 aromatic rings. The highest BCUT2D eigenvalue weighted by atomic mass is 31.0. The molecule has 6 nitrogen and oxygen atoms in total. The molecule has 4 N–H and O–H groups in total. The summed E-state index contributed by atoms with van der Waals surface area (Å²) < 4.78 is 5.17. The van der Waals surface area contributed by atoms with E-state index in [9.17, 15) is 4.79 Å². The summed E-state index contributed by atoms with van der Waals surface area (Å²) >= 11 is 0. The summed E-state index contributed by atoms with van der Waals surface area (Å²) in [6.07, 6.45) is 0.890. The number of carbonyl (C=O) groups excluding carboxylic acids is 1. The minimum Gasteiger partial charge on any atom is -0.379 e. The first kappa shape index (κ1) is 14.1. The number of hydrogen-bond donors (Lipinski definition) is 3. The van der Waals surface area contributed by atoms with E-state index in [2.05, 4.69) is 14.6 Å². The molecule has 0 radical (unpaired) electrons. The highest BCUT2D eigenvalue weighted by molar-refractivity contribution is 7.16. The first-order valence-corrected chi connectivity index (χ1v) is 5.49. The quantitative estimate of drug-likeness (QED) is 0.224. The lowest BCUT2D eigenvalue weighted by Crippen LogP contribution is -2.42. The van der Waals surface area contributed by atoms with Gasteiger partial charge in [-0.2, -0.15) is 0 Å².